The van der Waals surface area contributed by atoms with Crippen molar-refractivity contribution in [1.82, 2.24) is 0 Å². The van der Waals surface area contributed by atoms with Crippen LogP contribution in [0.4, 0.5) is 8.78 Å². The van der Waals surface area contributed by atoms with Crippen LogP contribution >= 0.6 is 15.9 Å². The molecular weight excluding hydrogens is 266 g/mol. The number of rotatable bonds is 3. The lowest BCUT2D eigenvalue weighted by Crippen LogP contribution is -2.21. The average molecular weight is 279 g/mol. The van der Waals surface area contributed by atoms with Gasteiger partial charge in [0.1, 0.15) is 5.75 Å². The van der Waals surface area contributed by atoms with E-state index < -0.39 is 12.5 Å². The third kappa shape index (κ3) is 3.78. The molecular formula is C11H13BrF2O. The molecule has 0 aromatic heterocycles. The summed E-state index contributed by atoms with van der Waals surface area (Å²) in [7, 11) is 0. The molecule has 1 aromatic carbocycles. The van der Waals surface area contributed by atoms with Crippen LogP contribution in [0.15, 0.2) is 16.6 Å². The highest BCUT2D eigenvalue weighted by atomic mass is 79.9. The maximum absolute atomic E-state index is 12.6. The lowest BCUT2D eigenvalue weighted by atomic mass is 10.1. The van der Waals surface area contributed by atoms with Gasteiger partial charge in [0.2, 0.25) is 0 Å². The van der Waals surface area contributed by atoms with Gasteiger partial charge in [0, 0.05) is 11.4 Å². The maximum Gasteiger partial charge on any atom is 0.278 e. The van der Waals surface area contributed by atoms with Crippen molar-refractivity contribution < 1.29 is 13.5 Å². The minimum absolute atomic E-state index is 0.511. The van der Waals surface area contributed by atoms with Crippen molar-refractivity contribution in [1.29, 1.82) is 0 Å². The van der Waals surface area contributed by atoms with Crippen molar-refractivity contribution in [2.24, 2.45) is 0 Å². The summed E-state index contributed by atoms with van der Waals surface area (Å²) < 4.78 is 31.2. The van der Waals surface area contributed by atoms with Gasteiger partial charge in [-0.25, -0.2) is 8.78 Å². The van der Waals surface area contributed by atoms with E-state index in [1.54, 1.807) is 6.07 Å². The highest BCUT2D eigenvalue weighted by Gasteiger charge is 2.22. The van der Waals surface area contributed by atoms with Gasteiger partial charge in [-0.1, -0.05) is 15.9 Å². The number of hydrogen-bond acceptors (Lipinski definition) is 1. The average Bonchev–Trinajstić information content (AvgIpc) is 2.07. The van der Waals surface area contributed by atoms with Gasteiger partial charge < -0.3 is 4.74 Å². The summed E-state index contributed by atoms with van der Waals surface area (Å²) in [6, 6.07) is 3.61. The first-order chi connectivity index (χ1) is 6.79. The third-order valence-corrected chi connectivity index (χ3v) is 2.79. The predicted octanol–water partition coefficient (Wildman–Crippen LogP) is 4.10. The van der Waals surface area contributed by atoms with Crippen LogP contribution in [0.3, 0.4) is 0 Å². The van der Waals surface area contributed by atoms with Crippen LogP contribution in [-0.4, -0.2) is 12.5 Å². The number of alkyl halides is 2. The zero-order chi connectivity index (χ0) is 11.6. The Labute approximate surface area is 96.6 Å². The number of hydrogen-bond donors (Lipinski definition) is 0. The molecule has 0 radical (unpaired) electrons. The summed E-state index contributed by atoms with van der Waals surface area (Å²) in [6.07, 6.45) is 0. The normalized spacial score (nSPS) is 11.6. The molecule has 0 atom stereocenters. The predicted molar refractivity (Wildman–Crippen MR) is 59.7 cm³/mol. The van der Waals surface area contributed by atoms with Crippen LogP contribution in [0.25, 0.3) is 0 Å². The Hall–Kier alpha value is -0.640. The Bertz CT molecular complexity index is 358. The first-order valence-corrected chi connectivity index (χ1v) is 5.36. The monoisotopic (exact) mass is 278 g/mol. The smallest absolute Gasteiger partial charge is 0.278 e. The highest BCUT2D eigenvalue weighted by molar-refractivity contribution is 9.10. The van der Waals surface area contributed by atoms with Gasteiger partial charge in [0.15, 0.2) is 6.61 Å². The van der Waals surface area contributed by atoms with Crippen molar-refractivity contribution in [3.8, 4) is 5.75 Å². The van der Waals surface area contributed by atoms with Crippen LogP contribution in [0.2, 0.25) is 0 Å². The molecule has 0 aliphatic rings. The Morgan fingerprint density at radius 3 is 2.40 bits per heavy atom. The molecule has 0 fully saturated rings. The van der Waals surface area contributed by atoms with Gasteiger partial charge in [-0.15, -0.1) is 0 Å². The Morgan fingerprint density at radius 1 is 1.27 bits per heavy atom. The Morgan fingerprint density at radius 2 is 1.87 bits per heavy atom. The summed E-state index contributed by atoms with van der Waals surface area (Å²) in [5, 5.41) is 0. The summed E-state index contributed by atoms with van der Waals surface area (Å²) in [5.74, 6) is -2.29. The summed E-state index contributed by atoms with van der Waals surface area (Å²) >= 11 is 3.37. The molecule has 0 aliphatic carbocycles. The summed E-state index contributed by atoms with van der Waals surface area (Å²) in [4.78, 5) is 0. The van der Waals surface area contributed by atoms with E-state index in [-0.39, 0.29) is 0 Å². The molecule has 1 nitrogen and oxygen atoms in total. The molecule has 0 saturated heterocycles. The molecule has 15 heavy (non-hydrogen) atoms. The van der Waals surface area contributed by atoms with Crippen LogP contribution in [0, 0.1) is 13.8 Å². The fourth-order valence-electron chi connectivity index (χ4n) is 1.11. The van der Waals surface area contributed by atoms with Crippen LogP contribution in [0.5, 0.6) is 5.75 Å². The summed E-state index contributed by atoms with van der Waals surface area (Å²) in [5.41, 5.74) is 1.81. The lowest BCUT2D eigenvalue weighted by molar-refractivity contribution is -0.0231. The Balaban J connectivity index is 2.82. The number of halogens is 3. The number of aryl methyl sites for hydroxylation is 2. The molecule has 4 heteroatoms. The van der Waals surface area contributed by atoms with E-state index in [4.69, 9.17) is 4.74 Å². The molecule has 0 bridgehead atoms. The molecule has 0 aliphatic heterocycles. The molecule has 1 rings (SSSR count). The third-order valence-electron chi connectivity index (χ3n) is 1.94. The Kier molecular flexibility index (Phi) is 3.71. The highest BCUT2D eigenvalue weighted by Crippen LogP contribution is 2.27. The molecule has 0 heterocycles. The lowest BCUT2D eigenvalue weighted by Gasteiger charge is -2.14. The van der Waals surface area contributed by atoms with Crippen molar-refractivity contribution >= 4 is 15.9 Å². The standard InChI is InChI=1S/C11H13BrF2O/c1-7-5-10(8(2)4-9(7)12)15-6-11(3,13)14/h4-5H,6H2,1-3H3. The topological polar surface area (TPSA) is 9.23 Å². The van der Waals surface area contributed by atoms with E-state index in [9.17, 15) is 8.78 Å². The summed E-state index contributed by atoms with van der Waals surface area (Å²) in [6.45, 7) is 3.97. The number of ether oxygens (including phenoxy) is 1. The minimum Gasteiger partial charge on any atom is -0.487 e. The van der Waals surface area contributed by atoms with Gasteiger partial charge in [0.05, 0.1) is 0 Å². The largest absolute Gasteiger partial charge is 0.487 e. The SMILES string of the molecule is Cc1cc(OCC(C)(F)F)c(C)cc1Br. The molecule has 1 aromatic rings. The molecule has 0 N–H and O–H groups in total. The van der Waals surface area contributed by atoms with Crippen molar-refractivity contribution in [2.75, 3.05) is 6.61 Å². The van der Waals surface area contributed by atoms with E-state index in [2.05, 4.69) is 15.9 Å². The molecule has 0 saturated carbocycles. The quantitative estimate of drug-likeness (QED) is 0.809. The first-order valence-electron chi connectivity index (χ1n) is 4.57. The zero-order valence-electron chi connectivity index (χ0n) is 8.90. The van der Waals surface area contributed by atoms with Crippen molar-refractivity contribution in [2.45, 2.75) is 26.7 Å². The second-order valence-corrected chi connectivity index (χ2v) is 4.58. The van der Waals surface area contributed by atoms with E-state index in [0.717, 1.165) is 22.5 Å². The van der Waals surface area contributed by atoms with Crippen LogP contribution in [-0.2, 0) is 0 Å². The molecule has 0 spiro atoms. The fraction of sp³-hybridized carbons (Fsp3) is 0.455. The zero-order valence-corrected chi connectivity index (χ0v) is 10.5. The van der Waals surface area contributed by atoms with E-state index >= 15 is 0 Å². The first kappa shape index (κ1) is 12.4. The van der Waals surface area contributed by atoms with Crippen molar-refractivity contribution in [3.63, 3.8) is 0 Å². The molecule has 0 amide bonds. The number of benzene rings is 1. The van der Waals surface area contributed by atoms with Gasteiger partial charge in [-0.3, -0.25) is 0 Å². The second-order valence-electron chi connectivity index (χ2n) is 3.73. The van der Waals surface area contributed by atoms with Gasteiger partial charge in [-0.2, -0.15) is 0 Å². The van der Waals surface area contributed by atoms with Crippen LogP contribution in [0.1, 0.15) is 18.1 Å². The molecule has 0 unspecified atom stereocenters. The fourth-order valence-corrected chi connectivity index (χ4v) is 1.57. The van der Waals surface area contributed by atoms with Crippen molar-refractivity contribution in [3.05, 3.63) is 27.7 Å². The maximum atomic E-state index is 12.6. The molecule has 84 valence electrons. The van der Waals surface area contributed by atoms with Gasteiger partial charge >= 0.3 is 0 Å². The minimum atomic E-state index is -2.80. The van der Waals surface area contributed by atoms with E-state index in [1.165, 1.54) is 0 Å². The van der Waals surface area contributed by atoms with Gasteiger partial charge in [-0.05, 0) is 37.1 Å². The second kappa shape index (κ2) is 4.47. The van der Waals surface area contributed by atoms with E-state index in [0.29, 0.717) is 5.75 Å². The van der Waals surface area contributed by atoms with Gasteiger partial charge in [0.25, 0.3) is 5.92 Å². The van der Waals surface area contributed by atoms with Crippen LogP contribution < -0.4 is 4.74 Å². The van der Waals surface area contributed by atoms with E-state index in [1.807, 2.05) is 19.9 Å².